The van der Waals surface area contributed by atoms with Crippen LogP contribution >= 0.6 is 35.0 Å². The van der Waals surface area contributed by atoms with Crippen LogP contribution in [0.3, 0.4) is 0 Å². The summed E-state index contributed by atoms with van der Waals surface area (Å²) in [6.07, 6.45) is 0. The van der Waals surface area contributed by atoms with E-state index in [4.69, 9.17) is 23.2 Å². The summed E-state index contributed by atoms with van der Waals surface area (Å²) in [6, 6.07) is 15.9. The van der Waals surface area contributed by atoms with Crippen LogP contribution in [0.1, 0.15) is 5.56 Å². The van der Waals surface area contributed by atoms with Gasteiger partial charge >= 0.3 is 0 Å². The van der Waals surface area contributed by atoms with E-state index in [0.717, 1.165) is 16.3 Å². The molecule has 0 heterocycles. The first-order chi connectivity index (χ1) is 7.75. The van der Waals surface area contributed by atoms with Crippen molar-refractivity contribution in [3.63, 3.8) is 0 Å². The Morgan fingerprint density at radius 2 is 1.69 bits per heavy atom. The summed E-state index contributed by atoms with van der Waals surface area (Å²) < 4.78 is 0. The maximum absolute atomic E-state index is 6.10. The van der Waals surface area contributed by atoms with Gasteiger partial charge in [0.1, 0.15) is 0 Å². The van der Waals surface area contributed by atoms with Crippen LogP contribution in [0.4, 0.5) is 0 Å². The van der Waals surface area contributed by atoms with Gasteiger partial charge in [-0.3, -0.25) is 0 Å². The molecule has 0 atom stereocenters. The van der Waals surface area contributed by atoms with E-state index in [1.165, 1.54) is 4.90 Å². The zero-order valence-electron chi connectivity index (χ0n) is 8.49. The summed E-state index contributed by atoms with van der Waals surface area (Å²) in [6.45, 7) is 0. The second kappa shape index (κ2) is 5.62. The molecular formula is C13H10Cl2S. The minimum Gasteiger partial charge on any atom is -0.121 e. The Morgan fingerprint density at radius 1 is 0.938 bits per heavy atom. The fraction of sp³-hybridized carbons (Fsp3) is 0.0769. The van der Waals surface area contributed by atoms with Gasteiger partial charge in [-0.1, -0.05) is 47.5 Å². The van der Waals surface area contributed by atoms with E-state index in [1.54, 1.807) is 17.8 Å². The van der Waals surface area contributed by atoms with Gasteiger partial charge in [0, 0.05) is 20.7 Å². The van der Waals surface area contributed by atoms with Crippen LogP contribution in [0.5, 0.6) is 0 Å². The molecule has 0 aliphatic rings. The van der Waals surface area contributed by atoms with E-state index in [2.05, 4.69) is 12.1 Å². The zero-order chi connectivity index (χ0) is 11.4. The van der Waals surface area contributed by atoms with Gasteiger partial charge in [0.15, 0.2) is 0 Å². The highest BCUT2D eigenvalue weighted by Gasteiger charge is 2.01. The van der Waals surface area contributed by atoms with Crippen molar-refractivity contribution in [2.24, 2.45) is 0 Å². The van der Waals surface area contributed by atoms with Crippen LogP contribution in [0, 0.1) is 0 Å². The molecule has 0 unspecified atom stereocenters. The summed E-state index contributed by atoms with van der Waals surface area (Å²) in [5.74, 6) is 0.861. The molecule has 0 fully saturated rings. The third-order valence-electron chi connectivity index (χ3n) is 2.15. The summed E-state index contributed by atoms with van der Waals surface area (Å²) in [4.78, 5) is 1.24. The number of hydrogen-bond acceptors (Lipinski definition) is 1. The molecular weight excluding hydrogens is 259 g/mol. The quantitative estimate of drug-likeness (QED) is 0.682. The molecule has 0 N–H and O–H groups in total. The van der Waals surface area contributed by atoms with Crippen LogP contribution in [0.25, 0.3) is 0 Å². The maximum Gasteiger partial charge on any atom is 0.0461 e. The average Bonchev–Trinajstić information content (AvgIpc) is 2.29. The van der Waals surface area contributed by atoms with Crippen LogP contribution < -0.4 is 0 Å². The van der Waals surface area contributed by atoms with Crippen molar-refractivity contribution < 1.29 is 0 Å². The minimum atomic E-state index is 0.679. The molecule has 2 aromatic carbocycles. The van der Waals surface area contributed by atoms with Gasteiger partial charge in [-0.2, -0.15) is 0 Å². The molecule has 0 radical (unpaired) electrons. The number of rotatable bonds is 3. The summed E-state index contributed by atoms with van der Waals surface area (Å²) in [5.41, 5.74) is 1.11. The molecule has 0 saturated carbocycles. The van der Waals surface area contributed by atoms with E-state index < -0.39 is 0 Å². The molecule has 0 aliphatic heterocycles. The van der Waals surface area contributed by atoms with E-state index in [9.17, 15) is 0 Å². The zero-order valence-corrected chi connectivity index (χ0v) is 10.8. The Kier molecular flexibility index (Phi) is 4.16. The fourth-order valence-corrected chi connectivity index (χ4v) is 2.79. The third kappa shape index (κ3) is 3.18. The van der Waals surface area contributed by atoms with E-state index in [1.807, 2.05) is 30.3 Å². The second-order valence-electron chi connectivity index (χ2n) is 3.34. The first kappa shape index (κ1) is 11.8. The fourth-order valence-electron chi connectivity index (χ4n) is 1.32. The normalized spacial score (nSPS) is 10.4. The SMILES string of the molecule is Clc1ccc(CSc2ccccc2)c(Cl)c1. The smallest absolute Gasteiger partial charge is 0.0461 e. The first-order valence-corrected chi connectivity index (χ1v) is 6.61. The molecule has 16 heavy (non-hydrogen) atoms. The Balaban J connectivity index is 2.05. The molecule has 3 heteroatoms. The summed E-state index contributed by atoms with van der Waals surface area (Å²) in [5, 5.41) is 1.41. The molecule has 0 bridgehead atoms. The first-order valence-electron chi connectivity index (χ1n) is 4.87. The van der Waals surface area contributed by atoms with E-state index in [-0.39, 0.29) is 0 Å². The predicted octanol–water partition coefficient (Wildman–Crippen LogP) is 5.29. The van der Waals surface area contributed by atoms with Gasteiger partial charge in [0.25, 0.3) is 0 Å². The van der Waals surface area contributed by atoms with Gasteiger partial charge in [0.2, 0.25) is 0 Å². The molecule has 0 aliphatic carbocycles. The van der Waals surface area contributed by atoms with Crippen molar-refractivity contribution in [3.8, 4) is 0 Å². The van der Waals surface area contributed by atoms with Crippen molar-refractivity contribution in [2.45, 2.75) is 10.6 Å². The predicted molar refractivity (Wildman–Crippen MR) is 72.5 cm³/mol. The van der Waals surface area contributed by atoms with Gasteiger partial charge in [0.05, 0.1) is 0 Å². The number of halogens is 2. The van der Waals surface area contributed by atoms with Crippen molar-refractivity contribution in [2.75, 3.05) is 0 Å². The highest BCUT2D eigenvalue weighted by Crippen LogP contribution is 2.28. The monoisotopic (exact) mass is 268 g/mol. The Bertz CT molecular complexity index is 469. The van der Waals surface area contributed by atoms with Crippen molar-refractivity contribution in [1.29, 1.82) is 0 Å². The Hall–Kier alpha value is -0.630. The lowest BCUT2D eigenvalue weighted by Gasteiger charge is -2.04. The molecule has 82 valence electrons. The van der Waals surface area contributed by atoms with Gasteiger partial charge < -0.3 is 0 Å². The number of thioether (sulfide) groups is 1. The van der Waals surface area contributed by atoms with Crippen LogP contribution in [0.2, 0.25) is 10.0 Å². The highest BCUT2D eigenvalue weighted by atomic mass is 35.5. The molecule has 2 aromatic rings. The topological polar surface area (TPSA) is 0 Å². The van der Waals surface area contributed by atoms with Crippen molar-refractivity contribution in [3.05, 3.63) is 64.1 Å². The van der Waals surface area contributed by atoms with Gasteiger partial charge in [-0.05, 0) is 29.8 Å². The number of benzene rings is 2. The standard InChI is InChI=1S/C13H10Cl2S/c14-11-7-6-10(13(15)8-11)9-16-12-4-2-1-3-5-12/h1-8H,9H2. The van der Waals surface area contributed by atoms with Crippen LogP contribution in [0.15, 0.2) is 53.4 Å². The summed E-state index contributed by atoms with van der Waals surface area (Å²) >= 11 is 13.7. The second-order valence-corrected chi connectivity index (χ2v) is 5.23. The molecule has 2 rings (SSSR count). The van der Waals surface area contributed by atoms with E-state index >= 15 is 0 Å². The van der Waals surface area contributed by atoms with Crippen LogP contribution in [-0.2, 0) is 5.75 Å². The molecule has 0 amide bonds. The lowest BCUT2D eigenvalue weighted by atomic mass is 10.2. The van der Waals surface area contributed by atoms with Crippen molar-refractivity contribution in [1.82, 2.24) is 0 Å². The third-order valence-corrected chi connectivity index (χ3v) is 3.80. The largest absolute Gasteiger partial charge is 0.121 e. The molecule has 0 nitrogen and oxygen atoms in total. The van der Waals surface area contributed by atoms with Crippen molar-refractivity contribution >= 4 is 35.0 Å². The molecule has 0 spiro atoms. The maximum atomic E-state index is 6.10. The van der Waals surface area contributed by atoms with E-state index in [0.29, 0.717) is 5.02 Å². The van der Waals surface area contributed by atoms with Gasteiger partial charge in [-0.15, -0.1) is 11.8 Å². The number of hydrogen-bond donors (Lipinski definition) is 0. The lowest BCUT2D eigenvalue weighted by molar-refractivity contribution is 1.38. The lowest BCUT2D eigenvalue weighted by Crippen LogP contribution is -1.82. The Morgan fingerprint density at radius 3 is 2.38 bits per heavy atom. The average molecular weight is 269 g/mol. The van der Waals surface area contributed by atoms with Gasteiger partial charge in [-0.25, -0.2) is 0 Å². The van der Waals surface area contributed by atoms with Crippen LogP contribution in [-0.4, -0.2) is 0 Å². The summed E-state index contributed by atoms with van der Waals surface area (Å²) in [7, 11) is 0. The Labute approximate surface area is 110 Å². The molecule has 0 aromatic heterocycles. The molecule has 0 saturated heterocycles. The highest BCUT2D eigenvalue weighted by molar-refractivity contribution is 7.98. The minimum absolute atomic E-state index is 0.679.